The van der Waals surface area contributed by atoms with Gasteiger partial charge in [-0.15, -0.1) is 0 Å². The first kappa shape index (κ1) is 15.5. The summed E-state index contributed by atoms with van der Waals surface area (Å²) in [5.74, 6) is 0.933. The number of hydrogen-bond donors (Lipinski definition) is 2. The summed E-state index contributed by atoms with van der Waals surface area (Å²) in [7, 11) is 0. The number of hydrogen-bond acceptors (Lipinski definition) is 3. The highest BCUT2D eigenvalue weighted by molar-refractivity contribution is 9.10. The van der Waals surface area contributed by atoms with Crippen LogP contribution in [0.1, 0.15) is 32.3 Å². The molecule has 1 rings (SSSR count). The number of rotatable bonds is 8. The molecule has 0 unspecified atom stereocenters. The monoisotopic (exact) mass is 315 g/mol. The molecule has 0 amide bonds. The van der Waals surface area contributed by atoms with E-state index in [0.717, 1.165) is 41.7 Å². The first-order valence-corrected chi connectivity index (χ1v) is 7.19. The summed E-state index contributed by atoms with van der Waals surface area (Å²) >= 11 is 3.48. The van der Waals surface area contributed by atoms with Gasteiger partial charge in [-0.1, -0.05) is 15.9 Å². The second-order valence-electron chi connectivity index (χ2n) is 4.53. The van der Waals surface area contributed by atoms with Crippen LogP contribution in [0, 0.1) is 0 Å². The maximum Gasteiger partial charge on any atom is 0.124 e. The van der Waals surface area contributed by atoms with Gasteiger partial charge >= 0.3 is 0 Å². The van der Waals surface area contributed by atoms with Crippen LogP contribution in [0.2, 0.25) is 0 Å². The van der Waals surface area contributed by atoms with Crippen LogP contribution in [0.15, 0.2) is 22.7 Å². The Morgan fingerprint density at radius 3 is 2.78 bits per heavy atom. The third-order valence-electron chi connectivity index (χ3n) is 2.46. The molecule has 0 aliphatic carbocycles. The van der Waals surface area contributed by atoms with E-state index in [4.69, 9.17) is 9.84 Å². The van der Waals surface area contributed by atoms with Crippen LogP contribution in [0.5, 0.6) is 5.75 Å². The molecule has 18 heavy (non-hydrogen) atoms. The van der Waals surface area contributed by atoms with Gasteiger partial charge in [-0.05, 0) is 51.4 Å². The Balaban J connectivity index is 2.53. The zero-order chi connectivity index (χ0) is 13.4. The normalized spacial score (nSPS) is 10.9. The molecule has 0 aliphatic heterocycles. The molecular weight excluding hydrogens is 294 g/mol. The zero-order valence-corrected chi connectivity index (χ0v) is 12.7. The van der Waals surface area contributed by atoms with Crippen molar-refractivity contribution in [2.45, 2.75) is 39.3 Å². The number of aliphatic hydroxyl groups is 1. The van der Waals surface area contributed by atoms with Crippen molar-refractivity contribution in [3.05, 3.63) is 28.2 Å². The number of nitrogens with one attached hydrogen (secondary N) is 1. The number of ether oxygens (including phenoxy) is 1. The van der Waals surface area contributed by atoms with Crippen molar-refractivity contribution in [3.8, 4) is 5.75 Å². The zero-order valence-electron chi connectivity index (χ0n) is 11.1. The minimum Gasteiger partial charge on any atom is -0.491 e. The quantitative estimate of drug-likeness (QED) is 0.724. The highest BCUT2D eigenvalue weighted by atomic mass is 79.9. The molecule has 0 aromatic heterocycles. The van der Waals surface area contributed by atoms with E-state index in [2.05, 4.69) is 27.3 Å². The van der Waals surface area contributed by atoms with Crippen molar-refractivity contribution < 1.29 is 9.84 Å². The van der Waals surface area contributed by atoms with Gasteiger partial charge in [-0.25, -0.2) is 0 Å². The van der Waals surface area contributed by atoms with E-state index in [1.54, 1.807) is 0 Å². The Bertz CT molecular complexity index is 356. The van der Waals surface area contributed by atoms with E-state index in [1.165, 1.54) is 0 Å². The standard InChI is InChI=1S/C14H22BrNO2/c1-11(2)18-14-6-5-13(15)9-12(14)10-16-7-3-4-8-17/h5-6,9,11,16-17H,3-4,7-8,10H2,1-2H3. The predicted molar refractivity (Wildman–Crippen MR) is 77.9 cm³/mol. The first-order chi connectivity index (χ1) is 8.63. The number of benzene rings is 1. The van der Waals surface area contributed by atoms with Gasteiger partial charge in [-0.3, -0.25) is 0 Å². The molecule has 0 saturated heterocycles. The van der Waals surface area contributed by atoms with Crippen LogP contribution in [-0.4, -0.2) is 24.4 Å². The van der Waals surface area contributed by atoms with Crippen molar-refractivity contribution in [2.75, 3.05) is 13.2 Å². The summed E-state index contributed by atoms with van der Waals surface area (Å²) in [6, 6.07) is 6.07. The molecular formula is C14H22BrNO2. The molecule has 1 aromatic rings. The maximum absolute atomic E-state index is 8.71. The molecule has 0 radical (unpaired) electrons. The summed E-state index contributed by atoms with van der Waals surface area (Å²) in [4.78, 5) is 0. The lowest BCUT2D eigenvalue weighted by Gasteiger charge is -2.15. The van der Waals surface area contributed by atoms with Gasteiger partial charge in [-0.2, -0.15) is 0 Å². The van der Waals surface area contributed by atoms with Crippen LogP contribution in [0.25, 0.3) is 0 Å². The second-order valence-corrected chi connectivity index (χ2v) is 5.44. The van der Waals surface area contributed by atoms with E-state index in [-0.39, 0.29) is 12.7 Å². The highest BCUT2D eigenvalue weighted by Crippen LogP contribution is 2.24. The van der Waals surface area contributed by atoms with Gasteiger partial charge in [0.05, 0.1) is 6.10 Å². The lowest BCUT2D eigenvalue weighted by Crippen LogP contribution is -2.16. The Labute approximate surface area is 118 Å². The number of aliphatic hydroxyl groups excluding tert-OH is 1. The Hall–Kier alpha value is -0.580. The van der Waals surface area contributed by atoms with Crippen LogP contribution >= 0.6 is 15.9 Å². The summed E-state index contributed by atoms with van der Waals surface area (Å²) in [5, 5.41) is 12.1. The highest BCUT2D eigenvalue weighted by Gasteiger charge is 2.06. The Morgan fingerprint density at radius 2 is 2.11 bits per heavy atom. The van der Waals surface area contributed by atoms with Gasteiger partial charge in [0.1, 0.15) is 5.75 Å². The van der Waals surface area contributed by atoms with E-state index in [0.29, 0.717) is 0 Å². The second kappa shape index (κ2) is 8.51. The summed E-state index contributed by atoms with van der Waals surface area (Å²) in [6.07, 6.45) is 2.02. The van der Waals surface area contributed by atoms with Gasteiger partial charge in [0.15, 0.2) is 0 Å². The lowest BCUT2D eigenvalue weighted by molar-refractivity contribution is 0.239. The van der Waals surface area contributed by atoms with E-state index < -0.39 is 0 Å². The molecule has 102 valence electrons. The molecule has 0 heterocycles. The van der Waals surface area contributed by atoms with E-state index in [1.807, 2.05) is 26.0 Å². The Morgan fingerprint density at radius 1 is 1.33 bits per heavy atom. The van der Waals surface area contributed by atoms with Crippen LogP contribution in [-0.2, 0) is 6.54 Å². The largest absolute Gasteiger partial charge is 0.491 e. The van der Waals surface area contributed by atoms with Crippen LogP contribution in [0.4, 0.5) is 0 Å². The van der Waals surface area contributed by atoms with Crippen molar-refractivity contribution in [1.82, 2.24) is 5.32 Å². The summed E-state index contributed by atoms with van der Waals surface area (Å²) in [6.45, 7) is 6.02. The van der Waals surface area contributed by atoms with Gasteiger partial charge in [0.25, 0.3) is 0 Å². The van der Waals surface area contributed by atoms with E-state index in [9.17, 15) is 0 Å². The smallest absolute Gasteiger partial charge is 0.124 e. The van der Waals surface area contributed by atoms with Gasteiger partial charge in [0, 0.05) is 23.2 Å². The SMILES string of the molecule is CC(C)Oc1ccc(Br)cc1CNCCCCO. The molecule has 0 spiro atoms. The average molecular weight is 316 g/mol. The van der Waals surface area contributed by atoms with E-state index >= 15 is 0 Å². The average Bonchev–Trinajstić information content (AvgIpc) is 2.31. The minimum absolute atomic E-state index is 0.180. The fourth-order valence-corrected chi connectivity index (χ4v) is 2.05. The Kier molecular flexibility index (Phi) is 7.32. The molecule has 1 aromatic carbocycles. The van der Waals surface area contributed by atoms with Gasteiger partial charge < -0.3 is 15.2 Å². The molecule has 4 heteroatoms. The molecule has 0 fully saturated rings. The molecule has 0 bridgehead atoms. The first-order valence-electron chi connectivity index (χ1n) is 6.40. The fourth-order valence-electron chi connectivity index (χ4n) is 1.64. The van der Waals surface area contributed by atoms with Crippen LogP contribution < -0.4 is 10.1 Å². The van der Waals surface area contributed by atoms with Gasteiger partial charge in [0.2, 0.25) is 0 Å². The third-order valence-corrected chi connectivity index (χ3v) is 2.96. The molecule has 0 saturated carbocycles. The van der Waals surface area contributed by atoms with Crippen molar-refractivity contribution in [3.63, 3.8) is 0 Å². The molecule has 3 nitrogen and oxygen atoms in total. The van der Waals surface area contributed by atoms with Crippen molar-refractivity contribution in [1.29, 1.82) is 0 Å². The maximum atomic E-state index is 8.71. The molecule has 0 aliphatic rings. The topological polar surface area (TPSA) is 41.5 Å². The minimum atomic E-state index is 0.180. The van der Waals surface area contributed by atoms with Crippen molar-refractivity contribution >= 4 is 15.9 Å². The predicted octanol–water partition coefficient (Wildman–Crippen LogP) is 3.10. The summed E-state index contributed by atoms with van der Waals surface area (Å²) < 4.78 is 6.84. The van der Waals surface area contributed by atoms with Crippen LogP contribution in [0.3, 0.4) is 0 Å². The third kappa shape index (κ3) is 5.85. The van der Waals surface area contributed by atoms with Crippen molar-refractivity contribution in [2.24, 2.45) is 0 Å². The number of halogens is 1. The fraction of sp³-hybridized carbons (Fsp3) is 0.571. The molecule has 0 atom stereocenters. The summed E-state index contributed by atoms with van der Waals surface area (Å²) in [5.41, 5.74) is 1.15. The lowest BCUT2D eigenvalue weighted by atomic mass is 10.2. The number of unbranched alkanes of at least 4 members (excludes halogenated alkanes) is 1. The molecule has 2 N–H and O–H groups in total.